The van der Waals surface area contributed by atoms with Gasteiger partial charge in [0, 0.05) is 36.0 Å². The molecule has 172 valence electrons. The predicted molar refractivity (Wildman–Crippen MR) is 112 cm³/mol. The molecule has 3 rings (SSSR count). The number of likely N-dealkylation sites (N-methyl/N-ethyl adjacent to an activating group) is 1. The summed E-state index contributed by atoms with van der Waals surface area (Å²) in [7, 11) is 0. The highest BCUT2D eigenvalue weighted by molar-refractivity contribution is 6.31. The van der Waals surface area contributed by atoms with Crippen LogP contribution in [0, 0.1) is 0 Å². The van der Waals surface area contributed by atoms with E-state index < -0.39 is 40.3 Å². The Labute approximate surface area is 187 Å². The van der Waals surface area contributed by atoms with E-state index in [0.717, 1.165) is 11.0 Å². The van der Waals surface area contributed by atoms with Crippen molar-refractivity contribution < 1.29 is 27.9 Å². The van der Waals surface area contributed by atoms with Gasteiger partial charge in [-0.25, -0.2) is 4.98 Å². The Morgan fingerprint density at radius 1 is 1.31 bits per heavy atom. The number of fused-ring (bicyclic) bond motifs is 1. The second-order valence-corrected chi connectivity index (χ2v) is 7.67. The first-order valence-corrected chi connectivity index (χ1v) is 10.3. The highest BCUT2D eigenvalue weighted by atomic mass is 35.5. The maximum atomic E-state index is 14.1. The molecule has 11 heteroatoms. The molecule has 2 heterocycles. The summed E-state index contributed by atoms with van der Waals surface area (Å²) in [5.74, 6) is -2.11. The van der Waals surface area contributed by atoms with Gasteiger partial charge in [0.15, 0.2) is 5.60 Å². The number of hydrogen-bond donors (Lipinski definition) is 2. The number of hydrogen-bond acceptors (Lipinski definition) is 5. The van der Waals surface area contributed by atoms with Crippen LogP contribution >= 0.6 is 11.6 Å². The molecular weight excluding hydrogens is 449 g/mol. The second kappa shape index (κ2) is 8.68. The number of nitrogens with zero attached hydrogens (tertiary/aromatic N) is 3. The molecule has 0 aliphatic carbocycles. The van der Waals surface area contributed by atoms with Crippen molar-refractivity contribution >= 4 is 29.1 Å². The van der Waals surface area contributed by atoms with Gasteiger partial charge in [-0.15, -0.1) is 0 Å². The van der Waals surface area contributed by atoms with Gasteiger partial charge < -0.3 is 20.6 Å². The molecule has 0 fully saturated rings. The fourth-order valence-corrected chi connectivity index (χ4v) is 4.16. The smallest absolute Gasteiger partial charge is 0.372 e. The number of carbonyl (C=O) groups excluding carboxylic acids is 2. The van der Waals surface area contributed by atoms with E-state index in [0.29, 0.717) is 25.7 Å². The van der Waals surface area contributed by atoms with Crippen molar-refractivity contribution in [3.8, 4) is 0 Å². The van der Waals surface area contributed by atoms with Crippen LogP contribution in [-0.2, 0) is 16.6 Å². The summed E-state index contributed by atoms with van der Waals surface area (Å²) in [5.41, 5.74) is -0.487. The van der Waals surface area contributed by atoms with Gasteiger partial charge in [0.2, 0.25) is 5.91 Å². The van der Waals surface area contributed by atoms with Gasteiger partial charge in [-0.2, -0.15) is 13.2 Å². The number of rotatable bonds is 7. The Kier molecular flexibility index (Phi) is 6.50. The first kappa shape index (κ1) is 24.0. The third-order valence-corrected chi connectivity index (χ3v) is 5.90. The zero-order chi connectivity index (χ0) is 23.8. The van der Waals surface area contributed by atoms with Crippen LogP contribution in [0.5, 0.6) is 0 Å². The topological polar surface area (TPSA) is 99.8 Å². The van der Waals surface area contributed by atoms with Gasteiger partial charge in [-0.05, 0) is 31.3 Å². The number of aliphatic hydroxyl groups is 1. The molecule has 1 aliphatic heterocycles. The lowest BCUT2D eigenvalue weighted by Crippen LogP contribution is -2.44. The minimum atomic E-state index is -4.99. The minimum Gasteiger partial charge on any atom is -0.372 e. The van der Waals surface area contributed by atoms with Crippen molar-refractivity contribution in [3.63, 3.8) is 0 Å². The van der Waals surface area contributed by atoms with Crippen LogP contribution in [0.4, 0.5) is 18.9 Å². The van der Waals surface area contributed by atoms with Crippen molar-refractivity contribution in [1.29, 1.82) is 0 Å². The van der Waals surface area contributed by atoms with Gasteiger partial charge in [0.05, 0.1) is 11.3 Å². The van der Waals surface area contributed by atoms with E-state index >= 15 is 0 Å². The summed E-state index contributed by atoms with van der Waals surface area (Å²) >= 11 is 6.09. The summed E-state index contributed by atoms with van der Waals surface area (Å²) in [6.45, 7) is 5.42. The lowest BCUT2D eigenvalue weighted by molar-refractivity contribution is -0.142. The molecule has 32 heavy (non-hydrogen) atoms. The molecule has 1 unspecified atom stereocenters. The van der Waals surface area contributed by atoms with Crippen molar-refractivity contribution in [2.75, 3.05) is 31.1 Å². The van der Waals surface area contributed by atoms with Gasteiger partial charge in [0.1, 0.15) is 5.15 Å². The van der Waals surface area contributed by atoms with E-state index in [2.05, 4.69) is 4.98 Å². The molecule has 0 bridgehead atoms. The molecule has 3 N–H and O–H groups in total. The Morgan fingerprint density at radius 2 is 1.97 bits per heavy atom. The third kappa shape index (κ3) is 3.94. The van der Waals surface area contributed by atoms with Gasteiger partial charge in [-0.3, -0.25) is 9.59 Å². The van der Waals surface area contributed by atoms with Crippen LogP contribution < -0.4 is 10.6 Å². The summed E-state index contributed by atoms with van der Waals surface area (Å²) in [6, 6.07) is 4.23. The molecule has 0 saturated heterocycles. The molecule has 1 atom stereocenters. The number of anilines is 1. The average Bonchev–Trinajstić information content (AvgIpc) is 2.95. The zero-order valence-corrected chi connectivity index (χ0v) is 18.2. The monoisotopic (exact) mass is 470 g/mol. The predicted octanol–water partition coefficient (Wildman–Crippen LogP) is 2.78. The van der Waals surface area contributed by atoms with E-state index in [1.165, 1.54) is 18.3 Å². The minimum absolute atomic E-state index is 0.0206. The molecule has 1 aliphatic rings. The van der Waals surface area contributed by atoms with E-state index in [9.17, 15) is 27.9 Å². The first-order chi connectivity index (χ1) is 15.0. The lowest BCUT2D eigenvalue weighted by Gasteiger charge is -2.26. The fraction of sp³-hybridized carbons (Fsp3) is 0.381. The van der Waals surface area contributed by atoms with E-state index in [4.69, 9.17) is 17.3 Å². The van der Waals surface area contributed by atoms with Crippen LogP contribution in [-0.4, -0.2) is 53.0 Å². The maximum absolute atomic E-state index is 14.1. The molecule has 0 saturated carbocycles. The molecule has 2 amide bonds. The highest BCUT2D eigenvalue weighted by Gasteiger charge is 2.56. The van der Waals surface area contributed by atoms with Gasteiger partial charge in [-0.1, -0.05) is 31.5 Å². The highest BCUT2D eigenvalue weighted by Crippen LogP contribution is 2.51. The zero-order valence-electron chi connectivity index (χ0n) is 17.4. The SMILES string of the molecule is CCN(CC)CCN1C(=O)C(O)(c2cccnc2Cl)c2c1cc(C(N)=O)cc2C(F)(F)F. The third-order valence-electron chi connectivity index (χ3n) is 5.60. The Balaban J connectivity index is 2.32. The lowest BCUT2D eigenvalue weighted by atomic mass is 9.84. The average molecular weight is 471 g/mol. The molecule has 0 radical (unpaired) electrons. The molecule has 2 aromatic rings. The summed E-state index contributed by atoms with van der Waals surface area (Å²) in [6.07, 6.45) is -3.71. The van der Waals surface area contributed by atoms with Crippen molar-refractivity contribution in [2.45, 2.75) is 25.6 Å². The van der Waals surface area contributed by atoms with Crippen molar-refractivity contribution in [1.82, 2.24) is 9.88 Å². The fourth-order valence-electron chi connectivity index (χ4n) is 3.91. The number of primary amides is 1. The van der Waals surface area contributed by atoms with E-state index in [1.807, 2.05) is 18.7 Å². The first-order valence-electron chi connectivity index (χ1n) is 9.89. The number of alkyl halides is 3. The summed E-state index contributed by atoms with van der Waals surface area (Å²) in [5, 5.41) is 11.2. The number of aromatic nitrogens is 1. The number of pyridine rings is 1. The molecule has 0 spiro atoms. The summed E-state index contributed by atoms with van der Waals surface area (Å²) < 4.78 is 42.2. The van der Waals surface area contributed by atoms with Crippen LogP contribution in [0.15, 0.2) is 30.5 Å². The van der Waals surface area contributed by atoms with Crippen LogP contribution in [0.3, 0.4) is 0 Å². The van der Waals surface area contributed by atoms with Crippen molar-refractivity contribution in [2.24, 2.45) is 5.73 Å². The standard InChI is InChI=1S/C21H22ClF3N4O3/c1-3-28(4-2)8-9-29-15-11-12(18(26)30)10-14(21(23,24)25)16(15)20(32,19(29)31)13-6-5-7-27-17(13)22/h5-7,10-11,32H,3-4,8-9H2,1-2H3,(H2,26,30). The number of nitrogens with two attached hydrogens (primary N) is 1. The second-order valence-electron chi connectivity index (χ2n) is 7.32. The van der Waals surface area contributed by atoms with Gasteiger partial charge in [0.25, 0.3) is 5.91 Å². The van der Waals surface area contributed by atoms with Crippen LogP contribution in [0.25, 0.3) is 0 Å². The van der Waals surface area contributed by atoms with Gasteiger partial charge >= 0.3 is 6.18 Å². The number of amides is 2. The Morgan fingerprint density at radius 3 is 2.50 bits per heavy atom. The van der Waals surface area contributed by atoms with Crippen LogP contribution in [0.1, 0.15) is 40.9 Å². The van der Waals surface area contributed by atoms with E-state index in [1.54, 1.807) is 0 Å². The molecule has 1 aromatic heterocycles. The molecule has 7 nitrogen and oxygen atoms in total. The number of carbonyl (C=O) groups is 2. The van der Waals surface area contributed by atoms with Crippen LogP contribution in [0.2, 0.25) is 5.15 Å². The Hall–Kier alpha value is -2.69. The largest absolute Gasteiger partial charge is 0.416 e. The quantitative estimate of drug-likeness (QED) is 0.606. The molecule has 1 aromatic carbocycles. The molecular formula is C21H22ClF3N4O3. The normalized spacial score (nSPS) is 18.4. The van der Waals surface area contributed by atoms with Crippen molar-refractivity contribution in [3.05, 3.63) is 57.9 Å². The maximum Gasteiger partial charge on any atom is 0.416 e. The summed E-state index contributed by atoms with van der Waals surface area (Å²) in [4.78, 5) is 32.0. The van der Waals surface area contributed by atoms with E-state index in [-0.39, 0.29) is 22.9 Å². The number of benzene rings is 1. The number of halogens is 4. The Bertz CT molecular complexity index is 1060.